The lowest BCUT2D eigenvalue weighted by Gasteiger charge is -2.32. The molecule has 10 heteroatoms. The summed E-state index contributed by atoms with van der Waals surface area (Å²) in [6.07, 6.45) is 6.55. The number of nitrogens with zero attached hydrogens (tertiary/aromatic N) is 2. The molecule has 2 fully saturated rings. The van der Waals surface area contributed by atoms with Gasteiger partial charge in [-0.3, -0.25) is 18.9 Å². The van der Waals surface area contributed by atoms with E-state index in [0.29, 0.717) is 34.8 Å². The number of carbonyl (C=O) groups excluding carboxylic acids is 1. The topological polar surface area (TPSA) is 124 Å². The molecule has 1 amide bonds. The number of pyridine rings is 1. The van der Waals surface area contributed by atoms with Crippen LogP contribution in [0.15, 0.2) is 41.4 Å². The fourth-order valence-corrected chi connectivity index (χ4v) is 4.69. The van der Waals surface area contributed by atoms with Gasteiger partial charge in [-0.2, -0.15) is 0 Å². The molecule has 1 saturated carbocycles. The summed E-state index contributed by atoms with van der Waals surface area (Å²) in [7, 11) is -1.32. The number of amides is 1. The van der Waals surface area contributed by atoms with Crippen molar-refractivity contribution in [3.8, 4) is 11.5 Å². The summed E-state index contributed by atoms with van der Waals surface area (Å²) in [5, 5.41) is 26.4. The molecule has 35 heavy (non-hydrogen) atoms. The standard InChI is InChI=1S/C25H34N4O5S/c1-35(33)24-12-22(6-7-23(24)31)34-16-21(30)14-27-18-8-10-29(11-9-18)15-20-3-2-17(13-26-20)25(32)28-19-4-5-19/h2-3,6-7,12-13,18-19,21,27,30-31H,4-5,8-11,14-16H2,1H3,(H,28,32). The van der Waals surface area contributed by atoms with Crippen LogP contribution in [0.5, 0.6) is 11.5 Å². The van der Waals surface area contributed by atoms with Crippen LogP contribution < -0.4 is 15.4 Å². The molecule has 4 N–H and O–H groups in total. The largest absolute Gasteiger partial charge is 0.507 e. The van der Waals surface area contributed by atoms with E-state index in [1.807, 2.05) is 12.1 Å². The second kappa shape index (κ2) is 11.9. The summed E-state index contributed by atoms with van der Waals surface area (Å²) in [6.45, 7) is 3.14. The molecule has 4 rings (SSSR count). The van der Waals surface area contributed by atoms with Crippen LogP contribution >= 0.6 is 0 Å². The highest BCUT2D eigenvalue weighted by Crippen LogP contribution is 2.25. The number of aromatic nitrogens is 1. The molecule has 1 aliphatic heterocycles. The molecular formula is C25H34N4O5S. The first-order valence-corrected chi connectivity index (χ1v) is 13.6. The molecule has 0 spiro atoms. The van der Waals surface area contributed by atoms with Crippen LogP contribution in [-0.4, -0.2) is 80.9 Å². The summed E-state index contributed by atoms with van der Waals surface area (Å²) < 4.78 is 17.3. The monoisotopic (exact) mass is 502 g/mol. The van der Waals surface area contributed by atoms with Crippen LogP contribution in [0.1, 0.15) is 41.7 Å². The van der Waals surface area contributed by atoms with Gasteiger partial charge in [0.05, 0.1) is 27.0 Å². The SMILES string of the molecule is CS(=O)c1cc(OCC(O)CNC2CCN(Cc3ccc(C(=O)NC4CC4)cn3)CC2)ccc1O. The van der Waals surface area contributed by atoms with E-state index in [9.17, 15) is 19.2 Å². The van der Waals surface area contributed by atoms with Crippen LogP contribution in [0.25, 0.3) is 0 Å². The number of aromatic hydroxyl groups is 1. The predicted octanol–water partition coefficient (Wildman–Crippen LogP) is 1.41. The first-order chi connectivity index (χ1) is 16.9. The maximum Gasteiger partial charge on any atom is 0.253 e. The Kier molecular flexibility index (Phi) is 8.72. The van der Waals surface area contributed by atoms with Crippen molar-refractivity contribution in [1.29, 1.82) is 0 Å². The number of hydrogen-bond donors (Lipinski definition) is 4. The number of ether oxygens (including phenoxy) is 1. The van der Waals surface area contributed by atoms with Crippen LogP contribution in [0.4, 0.5) is 0 Å². The van der Waals surface area contributed by atoms with Gasteiger partial charge in [0.25, 0.3) is 5.91 Å². The lowest BCUT2D eigenvalue weighted by atomic mass is 10.0. The second-order valence-electron chi connectivity index (χ2n) is 9.29. The highest BCUT2D eigenvalue weighted by atomic mass is 32.2. The Bertz CT molecular complexity index is 1020. The van der Waals surface area contributed by atoms with Crippen molar-refractivity contribution in [3.63, 3.8) is 0 Å². The Labute approximate surface area is 208 Å². The molecule has 1 aromatic heterocycles. The molecule has 0 bridgehead atoms. The maximum atomic E-state index is 12.1. The molecule has 2 aromatic rings. The Hall–Kier alpha value is -2.53. The number of carbonyl (C=O) groups is 1. The van der Waals surface area contributed by atoms with E-state index >= 15 is 0 Å². The van der Waals surface area contributed by atoms with E-state index < -0.39 is 16.9 Å². The normalized spacial score (nSPS) is 18.7. The van der Waals surface area contributed by atoms with Gasteiger partial charge in [-0.15, -0.1) is 0 Å². The number of benzene rings is 1. The number of rotatable bonds is 11. The van der Waals surface area contributed by atoms with Gasteiger partial charge in [-0.25, -0.2) is 0 Å². The smallest absolute Gasteiger partial charge is 0.253 e. The molecular weight excluding hydrogens is 468 g/mol. The van der Waals surface area contributed by atoms with Gasteiger partial charge in [0.1, 0.15) is 24.2 Å². The number of likely N-dealkylation sites (tertiary alicyclic amines) is 1. The Morgan fingerprint density at radius 3 is 2.63 bits per heavy atom. The fraction of sp³-hybridized carbons (Fsp3) is 0.520. The molecule has 0 radical (unpaired) electrons. The number of aliphatic hydroxyl groups is 1. The fourth-order valence-electron chi connectivity index (χ4n) is 4.04. The third kappa shape index (κ3) is 7.73. The third-order valence-corrected chi connectivity index (χ3v) is 7.24. The molecule has 9 nitrogen and oxygen atoms in total. The molecule has 190 valence electrons. The van der Waals surface area contributed by atoms with E-state index in [0.717, 1.165) is 51.0 Å². The van der Waals surface area contributed by atoms with E-state index in [1.165, 1.54) is 18.4 Å². The zero-order chi connectivity index (χ0) is 24.8. The van der Waals surface area contributed by atoms with E-state index in [2.05, 4.69) is 20.5 Å². The average molecular weight is 503 g/mol. The van der Waals surface area contributed by atoms with Crippen molar-refractivity contribution in [1.82, 2.24) is 20.5 Å². The third-order valence-electron chi connectivity index (χ3n) is 6.30. The van der Waals surface area contributed by atoms with E-state index in [-0.39, 0.29) is 18.3 Å². The van der Waals surface area contributed by atoms with Gasteiger partial charge < -0.3 is 25.6 Å². The van der Waals surface area contributed by atoms with E-state index in [1.54, 1.807) is 12.3 Å². The van der Waals surface area contributed by atoms with Crippen molar-refractivity contribution < 1.29 is 24.0 Å². The van der Waals surface area contributed by atoms with Crippen LogP contribution in [0.2, 0.25) is 0 Å². The van der Waals surface area contributed by atoms with Crippen molar-refractivity contribution in [2.45, 2.75) is 55.3 Å². The molecule has 2 unspecified atom stereocenters. The van der Waals surface area contributed by atoms with Crippen molar-refractivity contribution in [3.05, 3.63) is 47.8 Å². The highest BCUT2D eigenvalue weighted by Gasteiger charge is 2.24. The van der Waals surface area contributed by atoms with Gasteiger partial charge in [0.15, 0.2) is 0 Å². The molecule has 1 saturated heterocycles. The number of piperidine rings is 1. The summed E-state index contributed by atoms with van der Waals surface area (Å²) in [5.41, 5.74) is 1.56. The number of phenols is 1. The summed E-state index contributed by atoms with van der Waals surface area (Å²) >= 11 is 0. The molecule has 2 atom stereocenters. The van der Waals surface area contributed by atoms with E-state index in [4.69, 9.17) is 4.74 Å². The van der Waals surface area contributed by atoms with Gasteiger partial charge >= 0.3 is 0 Å². The number of hydrogen-bond acceptors (Lipinski definition) is 8. The lowest BCUT2D eigenvalue weighted by molar-refractivity contribution is 0.0950. The van der Waals surface area contributed by atoms with Crippen LogP contribution in [-0.2, 0) is 17.3 Å². The Morgan fingerprint density at radius 1 is 1.20 bits per heavy atom. The maximum absolute atomic E-state index is 12.1. The van der Waals surface area contributed by atoms with Crippen LogP contribution in [0.3, 0.4) is 0 Å². The van der Waals surface area contributed by atoms with Crippen molar-refractivity contribution >= 4 is 16.7 Å². The number of nitrogens with one attached hydrogen (secondary N) is 2. The van der Waals surface area contributed by atoms with Crippen molar-refractivity contribution in [2.24, 2.45) is 0 Å². The summed E-state index contributed by atoms with van der Waals surface area (Å²) in [5.74, 6) is 0.387. The first kappa shape index (κ1) is 25.6. The van der Waals surface area contributed by atoms with Gasteiger partial charge in [0.2, 0.25) is 0 Å². The lowest BCUT2D eigenvalue weighted by Crippen LogP contribution is -2.45. The first-order valence-electron chi connectivity index (χ1n) is 12.1. The molecule has 1 aliphatic carbocycles. The predicted molar refractivity (Wildman–Crippen MR) is 133 cm³/mol. The van der Waals surface area contributed by atoms with Crippen LogP contribution in [0, 0.1) is 0 Å². The second-order valence-corrected chi connectivity index (χ2v) is 10.6. The number of aliphatic hydroxyl groups excluding tert-OH is 1. The summed E-state index contributed by atoms with van der Waals surface area (Å²) in [4.78, 5) is 19.2. The van der Waals surface area contributed by atoms with Gasteiger partial charge in [-0.05, 0) is 56.0 Å². The minimum atomic E-state index is -1.32. The highest BCUT2D eigenvalue weighted by molar-refractivity contribution is 7.84. The number of phenolic OH excluding ortho intramolecular Hbond substituents is 1. The van der Waals surface area contributed by atoms with Gasteiger partial charge in [0, 0.05) is 50.7 Å². The minimum absolute atomic E-state index is 0.0317. The molecule has 2 aliphatic rings. The summed E-state index contributed by atoms with van der Waals surface area (Å²) in [6, 6.07) is 9.01. The minimum Gasteiger partial charge on any atom is -0.507 e. The van der Waals surface area contributed by atoms with Gasteiger partial charge in [-0.1, -0.05) is 0 Å². The quantitative estimate of drug-likeness (QED) is 0.364. The Morgan fingerprint density at radius 2 is 1.97 bits per heavy atom. The zero-order valence-corrected chi connectivity index (χ0v) is 20.8. The average Bonchev–Trinajstić information content (AvgIpc) is 3.67. The van der Waals surface area contributed by atoms with Crippen molar-refractivity contribution in [2.75, 3.05) is 32.5 Å². The molecule has 2 heterocycles. The Balaban J connectivity index is 1.13. The zero-order valence-electron chi connectivity index (χ0n) is 20.0. The molecule has 1 aromatic carbocycles.